The highest BCUT2D eigenvalue weighted by molar-refractivity contribution is 6.04. The summed E-state index contributed by atoms with van der Waals surface area (Å²) in [7, 11) is 0. The van der Waals surface area contributed by atoms with Crippen molar-refractivity contribution < 1.29 is 19.4 Å². The van der Waals surface area contributed by atoms with Crippen molar-refractivity contribution in [3.05, 3.63) is 11.1 Å². The van der Waals surface area contributed by atoms with Crippen LogP contribution >= 0.6 is 0 Å². The topological polar surface area (TPSA) is 63.6 Å². The number of rotatable bonds is 2. The second-order valence-electron chi connectivity index (χ2n) is 8.52. The van der Waals surface area contributed by atoms with Crippen LogP contribution in [0, 0.1) is 11.3 Å². The summed E-state index contributed by atoms with van der Waals surface area (Å²) in [6, 6.07) is 0. The highest BCUT2D eigenvalue weighted by Crippen LogP contribution is 2.51. The summed E-state index contributed by atoms with van der Waals surface area (Å²) in [5.74, 6) is -0.131. The molecule has 2 atom stereocenters. The number of ether oxygens (including phenoxy) is 1. The highest BCUT2D eigenvalue weighted by atomic mass is 16.6. The molecule has 0 aromatic rings. The van der Waals surface area contributed by atoms with E-state index in [1.54, 1.807) is 0 Å². The van der Waals surface area contributed by atoms with Gasteiger partial charge in [-0.15, -0.1) is 0 Å². The Labute approximate surface area is 132 Å². The Morgan fingerprint density at radius 3 is 2.50 bits per heavy atom. The molecular weight excluding hydrogens is 280 g/mol. The van der Waals surface area contributed by atoms with Crippen molar-refractivity contribution in [3.8, 4) is 0 Å². The first kappa shape index (κ1) is 17.2. The minimum absolute atomic E-state index is 0.0703. The molecule has 1 N–H and O–H groups in total. The smallest absolute Gasteiger partial charge is 0.309 e. The van der Waals surface area contributed by atoms with Crippen LogP contribution in [-0.2, 0) is 14.3 Å². The van der Waals surface area contributed by atoms with Gasteiger partial charge in [0.2, 0.25) is 0 Å². The first-order valence-corrected chi connectivity index (χ1v) is 8.08. The van der Waals surface area contributed by atoms with Crippen LogP contribution in [0.5, 0.6) is 0 Å². The number of ketones is 1. The summed E-state index contributed by atoms with van der Waals surface area (Å²) in [5.41, 5.74) is -0.759. The lowest BCUT2D eigenvalue weighted by Crippen LogP contribution is -2.40. The second-order valence-corrected chi connectivity index (χ2v) is 8.52. The SMILES string of the molecule is C[C@@H]1CC[C@](O)(CC(=O)OC(C)(C)C)C2=C1C(=O)C(C)(C)C2. The van der Waals surface area contributed by atoms with Gasteiger partial charge in [-0.3, -0.25) is 9.59 Å². The lowest BCUT2D eigenvalue weighted by molar-refractivity contribution is -0.159. The van der Waals surface area contributed by atoms with E-state index in [9.17, 15) is 14.7 Å². The van der Waals surface area contributed by atoms with E-state index in [2.05, 4.69) is 0 Å². The fraction of sp³-hybridized carbons (Fsp3) is 0.778. The van der Waals surface area contributed by atoms with Crippen LogP contribution in [-0.4, -0.2) is 28.1 Å². The number of aliphatic hydroxyl groups is 1. The number of carbonyl (C=O) groups excluding carboxylic acids is 2. The van der Waals surface area contributed by atoms with Crippen molar-refractivity contribution in [2.45, 2.75) is 78.4 Å². The molecule has 0 fully saturated rings. The molecule has 2 rings (SSSR count). The number of allylic oxidation sites excluding steroid dienone is 1. The summed E-state index contributed by atoms with van der Waals surface area (Å²) in [5, 5.41) is 11.1. The van der Waals surface area contributed by atoms with Crippen molar-refractivity contribution in [1.29, 1.82) is 0 Å². The van der Waals surface area contributed by atoms with Gasteiger partial charge in [0.05, 0.1) is 12.0 Å². The quantitative estimate of drug-likeness (QED) is 0.796. The van der Waals surface area contributed by atoms with Crippen LogP contribution < -0.4 is 0 Å². The van der Waals surface area contributed by atoms with E-state index in [4.69, 9.17) is 4.74 Å². The molecule has 0 heterocycles. The Bertz CT molecular complexity index is 536. The third kappa shape index (κ3) is 3.12. The predicted molar refractivity (Wildman–Crippen MR) is 84.2 cm³/mol. The van der Waals surface area contributed by atoms with Gasteiger partial charge < -0.3 is 9.84 Å². The number of hydrogen-bond donors (Lipinski definition) is 1. The number of esters is 1. The van der Waals surface area contributed by atoms with Crippen molar-refractivity contribution in [1.82, 2.24) is 0 Å². The Kier molecular flexibility index (Phi) is 4.06. The Morgan fingerprint density at radius 2 is 1.95 bits per heavy atom. The van der Waals surface area contributed by atoms with E-state index >= 15 is 0 Å². The van der Waals surface area contributed by atoms with Gasteiger partial charge in [0.1, 0.15) is 5.60 Å². The fourth-order valence-electron chi connectivity index (χ4n) is 3.62. The van der Waals surface area contributed by atoms with Gasteiger partial charge >= 0.3 is 5.97 Å². The van der Waals surface area contributed by atoms with Gasteiger partial charge in [0.15, 0.2) is 5.78 Å². The van der Waals surface area contributed by atoms with E-state index < -0.39 is 22.6 Å². The zero-order chi connectivity index (χ0) is 16.9. The summed E-state index contributed by atoms with van der Waals surface area (Å²) < 4.78 is 5.35. The highest BCUT2D eigenvalue weighted by Gasteiger charge is 2.51. The monoisotopic (exact) mass is 308 g/mol. The molecule has 0 saturated heterocycles. The van der Waals surface area contributed by atoms with Crippen LogP contribution in [0.3, 0.4) is 0 Å². The van der Waals surface area contributed by atoms with Crippen molar-refractivity contribution in [2.24, 2.45) is 11.3 Å². The molecule has 4 nitrogen and oxygen atoms in total. The van der Waals surface area contributed by atoms with Crippen molar-refractivity contribution in [2.75, 3.05) is 0 Å². The molecule has 0 saturated carbocycles. The fourth-order valence-corrected chi connectivity index (χ4v) is 3.62. The van der Waals surface area contributed by atoms with Crippen LogP contribution in [0.2, 0.25) is 0 Å². The molecule has 0 unspecified atom stereocenters. The lowest BCUT2D eigenvalue weighted by Gasteiger charge is -2.36. The van der Waals surface area contributed by atoms with Gasteiger partial charge in [-0.1, -0.05) is 20.8 Å². The molecule has 0 radical (unpaired) electrons. The standard InChI is InChI=1S/C18H28O4/c1-11-7-8-18(21,10-13(19)22-16(2,3)4)12-9-17(5,6)15(20)14(11)12/h11,21H,7-10H2,1-6H3/t11-,18+/m1/s1. The zero-order valence-corrected chi connectivity index (χ0v) is 14.6. The molecular formula is C18H28O4. The van der Waals surface area contributed by atoms with Crippen LogP contribution in [0.15, 0.2) is 11.1 Å². The molecule has 0 aromatic heterocycles. The average molecular weight is 308 g/mol. The van der Waals surface area contributed by atoms with Crippen LogP contribution in [0.25, 0.3) is 0 Å². The summed E-state index contributed by atoms with van der Waals surface area (Å²) >= 11 is 0. The second kappa shape index (κ2) is 5.19. The van der Waals surface area contributed by atoms with Gasteiger partial charge in [-0.05, 0) is 51.5 Å². The van der Waals surface area contributed by atoms with Crippen molar-refractivity contribution >= 4 is 11.8 Å². The van der Waals surface area contributed by atoms with Crippen molar-refractivity contribution in [3.63, 3.8) is 0 Å². The largest absolute Gasteiger partial charge is 0.460 e. The molecule has 0 aliphatic heterocycles. The van der Waals surface area contributed by atoms with E-state index in [0.29, 0.717) is 12.8 Å². The van der Waals surface area contributed by atoms with Crippen LogP contribution in [0.1, 0.15) is 67.2 Å². The molecule has 0 aromatic carbocycles. The number of carbonyl (C=O) groups is 2. The van der Waals surface area contributed by atoms with Gasteiger partial charge in [-0.25, -0.2) is 0 Å². The molecule has 0 amide bonds. The zero-order valence-electron chi connectivity index (χ0n) is 14.6. The molecule has 0 bridgehead atoms. The lowest BCUT2D eigenvalue weighted by atomic mass is 9.74. The normalized spacial score (nSPS) is 31.2. The average Bonchev–Trinajstić information content (AvgIpc) is 2.55. The maximum atomic E-state index is 12.6. The molecule has 2 aliphatic rings. The summed E-state index contributed by atoms with van der Waals surface area (Å²) in [4.78, 5) is 24.7. The number of hydrogen-bond acceptors (Lipinski definition) is 4. The first-order valence-electron chi connectivity index (χ1n) is 8.08. The summed E-state index contributed by atoms with van der Waals surface area (Å²) in [6.45, 7) is 11.3. The maximum absolute atomic E-state index is 12.6. The Hall–Kier alpha value is -1.16. The van der Waals surface area contributed by atoms with Gasteiger partial charge in [0.25, 0.3) is 0 Å². The third-order valence-corrected chi connectivity index (χ3v) is 4.71. The van der Waals surface area contributed by atoms with E-state index in [-0.39, 0.29) is 18.1 Å². The first-order chi connectivity index (χ1) is 9.86. The maximum Gasteiger partial charge on any atom is 0.309 e. The minimum atomic E-state index is -1.23. The molecule has 124 valence electrons. The third-order valence-electron chi connectivity index (χ3n) is 4.71. The van der Waals surface area contributed by atoms with E-state index in [1.807, 2.05) is 41.5 Å². The van der Waals surface area contributed by atoms with Gasteiger partial charge in [0, 0.05) is 11.0 Å². The van der Waals surface area contributed by atoms with Gasteiger partial charge in [-0.2, -0.15) is 0 Å². The molecule has 0 spiro atoms. The van der Waals surface area contributed by atoms with E-state index in [0.717, 1.165) is 17.6 Å². The predicted octanol–water partition coefficient (Wildman–Crippen LogP) is 3.17. The Balaban J connectivity index is 2.29. The minimum Gasteiger partial charge on any atom is -0.460 e. The molecule has 2 aliphatic carbocycles. The summed E-state index contributed by atoms with van der Waals surface area (Å²) in [6.07, 6.45) is 1.69. The Morgan fingerprint density at radius 1 is 1.36 bits per heavy atom. The molecule has 4 heteroatoms. The molecule has 22 heavy (non-hydrogen) atoms. The van der Waals surface area contributed by atoms with E-state index in [1.165, 1.54) is 0 Å². The number of Topliss-reactive ketones (excluding diaryl/α,β-unsaturated/α-hetero) is 1. The van der Waals surface area contributed by atoms with Crippen LogP contribution in [0.4, 0.5) is 0 Å².